The highest BCUT2D eigenvalue weighted by atomic mass is 16.3. The van der Waals surface area contributed by atoms with Gasteiger partial charge in [-0.3, -0.25) is 0 Å². The Morgan fingerprint density at radius 2 is 2.00 bits per heavy atom. The highest BCUT2D eigenvalue weighted by molar-refractivity contribution is 5.57. The predicted molar refractivity (Wildman–Crippen MR) is 56.1 cm³/mol. The number of aliphatic hydroxyl groups is 1. The minimum atomic E-state index is -0.198. The van der Waals surface area contributed by atoms with Gasteiger partial charge in [-0.2, -0.15) is 0 Å². The smallest absolute Gasteiger partial charge is 0.125 e. The predicted octanol–water partition coefficient (Wildman–Crippen LogP) is 1.06. The van der Waals surface area contributed by atoms with Gasteiger partial charge >= 0.3 is 0 Å². The first-order valence-electron chi connectivity index (χ1n) is 5.40. The second kappa shape index (κ2) is 4.89. The maximum absolute atomic E-state index is 10.7. The summed E-state index contributed by atoms with van der Waals surface area (Å²) in [5.74, 6) is 0. The average molecular weight is 199 g/mol. The molecule has 0 bridgehead atoms. The van der Waals surface area contributed by atoms with Gasteiger partial charge in [0.15, 0.2) is 0 Å². The van der Waals surface area contributed by atoms with Crippen molar-refractivity contribution in [3.63, 3.8) is 0 Å². The minimum Gasteiger partial charge on any atom is -0.393 e. The van der Waals surface area contributed by atoms with E-state index in [0.29, 0.717) is 0 Å². The van der Waals surface area contributed by atoms with Crippen LogP contribution in [0.15, 0.2) is 0 Å². The van der Waals surface area contributed by atoms with Crippen molar-refractivity contribution in [2.75, 3.05) is 19.6 Å². The summed E-state index contributed by atoms with van der Waals surface area (Å²) in [6, 6.07) is 0. The Bertz CT molecular complexity index is 184. The topological polar surface area (TPSA) is 40.5 Å². The van der Waals surface area contributed by atoms with E-state index in [9.17, 15) is 9.90 Å². The highest BCUT2D eigenvalue weighted by Gasteiger charge is 2.21. The number of hydrogen-bond acceptors (Lipinski definition) is 3. The number of likely N-dealkylation sites (tertiary alicyclic amines) is 1. The molecule has 0 amide bonds. The van der Waals surface area contributed by atoms with Gasteiger partial charge in [-0.25, -0.2) is 0 Å². The van der Waals surface area contributed by atoms with E-state index < -0.39 is 0 Å². The van der Waals surface area contributed by atoms with Crippen molar-refractivity contribution in [3.05, 3.63) is 0 Å². The first kappa shape index (κ1) is 11.7. The summed E-state index contributed by atoms with van der Waals surface area (Å²) in [4.78, 5) is 13.0. The number of nitrogens with zero attached hydrogens (tertiary/aromatic N) is 1. The van der Waals surface area contributed by atoms with Crippen LogP contribution in [0.1, 0.15) is 33.1 Å². The van der Waals surface area contributed by atoms with Gasteiger partial charge in [-0.15, -0.1) is 0 Å². The van der Waals surface area contributed by atoms with Crippen LogP contribution >= 0.6 is 0 Å². The number of carbonyl (C=O) groups is 1. The lowest BCUT2D eigenvalue weighted by Crippen LogP contribution is -2.37. The molecule has 0 aliphatic carbocycles. The van der Waals surface area contributed by atoms with Gasteiger partial charge in [0.05, 0.1) is 6.10 Å². The lowest BCUT2D eigenvalue weighted by Gasteiger charge is -2.31. The fraction of sp³-hybridized carbons (Fsp3) is 0.909. The SMILES string of the molecule is CC(C)(C=O)CCN1CCC(O)CC1. The molecule has 0 aromatic carbocycles. The van der Waals surface area contributed by atoms with Crippen LogP contribution in [0.2, 0.25) is 0 Å². The van der Waals surface area contributed by atoms with Gasteiger partial charge in [0, 0.05) is 18.5 Å². The van der Waals surface area contributed by atoms with Crippen LogP contribution in [0.25, 0.3) is 0 Å². The lowest BCUT2D eigenvalue weighted by molar-refractivity contribution is -0.115. The van der Waals surface area contributed by atoms with Crippen LogP contribution in [0, 0.1) is 5.41 Å². The molecule has 0 saturated carbocycles. The van der Waals surface area contributed by atoms with Gasteiger partial charge in [0.25, 0.3) is 0 Å². The van der Waals surface area contributed by atoms with E-state index in [4.69, 9.17) is 0 Å². The number of aldehydes is 1. The average Bonchev–Trinajstić information content (AvgIpc) is 2.17. The number of carbonyl (C=O) groups excluding carboxylic acids is 1. The van der Waals surface area contributed by atoms with Crippen LogP contribution < -0.4 is 0 Å². The quantitative estimate of drug-likeness (QED) is 0.688. The van der Waals surface area contributed by atoms with Gasteiger partial charge in [-0.1, -0.05) is 13.8 Å². The molecule has 1 heterocycles. The standard InChI is InChI=1S/C11H21NO2/c1-11(2,9-13)5-8-12-6-3-10(14)4-7-12/h9-10,14H,3-8H2,1-2H3. The fourth-order valence-corrected chi connectivity index (χ4v) is 1.65. The Balaban J connectivity index is 2.22. The lowest BCUT2D eigenvalue weighted by atomic mass is 9.91. The van der Waals surface area contributed by atoms with E-state index in [1.54, 1.807) is 0 Å². The first-order chi connectivity index (χ1) is 6.53. The van der Waals surface area contributed by atoms with Crippen molar-refractivity contribution < 1.29 is 9.90 Å². The molecule has 1 rings (SSSR count). The zero-order valence-electron chi connectivity index (χ0n) is 9.20. The molecule has 14 heavy (non-hydrogen) atoms. The molecule has 3 nitrogen and oxygen atoms in total. The fourth-order valence-electron chi connectivity index (χ4n) is 1.65. The summed E-state index contributed by atoms with van der Waals surface area (Å²) < 4.78 is 0. The zero-order chi connectivity index (χ0) is 10.6. The molecule has 3 heteroatoms. The van der Waals surface area contributed by atoms with Gasteiger partial charge in [-0.05, 0) is 25.8 Å². The van der Waals surface area contributed by atoms with Crippen LogP contribution in [-0.2, 0) is 4.79 Å². The van der Waals surface area contributed by atoms with Crippen LogP contribution in [0.5, 0.6) is 0 Å². The minimum absolute atomic E-state index is 0.106. The normalized spacial score (nSPS) is 21.1. The van der Waals surface area contributed by atoms with Gasteiger partial charge < -0.3 is 14.8 Å². The van der Waals surface area contributed by atoms with E-state index >= 15 is 0 Å². The number of aliphatic hydroxyl groups excluding tert-OH is 1. The molecule has 0 spiro atoms. The molecule has 0 unspecified atom stereocenters. The van der Waals surface area contributed by atoms with Gasteiger partial charge in [0.2, 0.25) is 0 Å². The second-order valence-electron chi connectivity index (χ2n) is 4.93. The monoisotopic (exact) mass is 199 g/mol. The summed E-state index contributed by atoms with van der Waals surface area (Å²) in [6.07, 6.45) is 3.59. The summed E-state index contributed by atoms with van der Waals surface area (Å²) in [5.41, 5.74) is -0.198. The maximum Gasteiger partial charge on any atom is 0.125 e. The van der Waals surface area contributed by atoms with Crippen LogP contribution in [-0.4, -0.2) is 42.0 Å². The number of hydrogen-bond donors (Lipinski definition) is 1. The maximum atomic E-state index is 10.7. The number of piperidine rings is 1. The third-order valence-electron chi connectivity index (χ3n) is 2.95. The highest BCUT2D eigenvalue weighted by Crippen LogP contribution is 2.18. The van der Waals surface area contributed by atoms with Crippen molar-refractivity contribution >= 4 is 6.29 Å². The molecule has 0 aromatic rings. The number of rotatable bonds is 4. The largest absolute Gasteiger partial charge is 0.393 e. The molecular weight excluding hydrogens is 178 g/mol. The van der Waals surface area contributed by atoms with E-state index in [-0.39, 0.29) is 11.5 Å². The molecule has 0 atom stereocenters. The first-order valence-corrected chi connectivity index (χ1v) is 5.40. The molecule has 1 aliphatic rings. The Morgan fingerprint density at radius 1 is 1.43 bits per heavy atom. The van der Waals surface area contributed by atoms with E-state index in [2.05, 4.69) is 4.90 Å². The van der Waals surface area contributed by atoms with E-state index in [1.807, 2.05) is 13.8 Å². The van der Waals surface area contributed by atoms with Crippen LogP contribution in [0.3, 0.4) is 0 Å². The molecule has 1 fully saturated rings. The Labute approximate surface area is 86.1 Å². The van der Waals surface area contributed by atoms with Gasteiger partial charge in [0.1, 0.15) is 6.29 Å². The zero-order valence-corrected chi connectivity index (χ0v) is 9.20. The third-order valence-corrected chi connectivity index (χ3v) is 2.95. The Kier molecular flexibility index (Phi) is 4.08. The summed E-state index contributed by atoms with van der Waals surface area (Å²) >= 11 is 0. The van der Waals surface area contributed by atoms with E-state index in [1.165, 1.54) is 0 Å². The summed E-state index contributed by atoms with van der Waals surface area (Å²) in [5, 5.41) is 9.32. The third kappa shape index (κ3) is 3.76. The van der Waals surface area contributed by atoms with Crippen molar-refractivity contribution in [2.24, 2.45) is 5.41 Å². The molecule has 1 N–H and O–H groups in total. The van der Waals surface area contributed by atoms with Crippen molar-refractivity contribution in [2.45, 2.75) is 39.2 Å². The van der Waals surface area contributed by atoms with E-state index in [0.717, 1.165) is 45.2 Å². The molecule has 1 saturated heterocycles. The summed E-state index contributed by atoms with van der Waals surface area (Å²) in [7, 11) is 0. The molecule has 1 aliphatic heterocycles. The molecule has 0 aromatic heterocycles. The van der Waals surface area contributed by atoms with Crippen molar-refractivity contribution in [3.8, 4) is 0 Å². The Morgan fingerprint density at radius 3 is 2.50 bits per heavy atom. The molecule has 0 radical (unpaired) electrons. The van der Waals surface area contributed by atoms with Crippen molar-refractivity contribution in [1.82, 2.24) is 4.90 Å². The second-order valence-corrected chi connectivity index (χ2v) is 4.93. The molecular formula is C11H21NO2. The summed E-state index contributed by atoms with van der Waals surface area (Å²) in [6.45, 7) is 6.85. The van der Waals surface area contributed by atoms with Crippen molar-refractivity contribution in [1.29, 1.82) is 0 Å². The molecule has 82 valence electrons. The Hall–Kier alpha value is -0.410. The van der Waals surface area contributed by atoms with Crippen LogP contribution in [0.4, 0.5) is 0 Å².